The average molecular weight is 333 g/mol. The number of sulfonamides is 1. The van der Waals surface area contributed by atoms with Crippen molar-refractivity contribution in [2.75, 3.05) is 0 Å². The van der Waals surface area contributed by atoms with Crippen molar-refractivity contribution in [3.63, 3.8) is 0 Å². The van der Waals surface area contributed by atoms with E-state index in [1.54, 1.807) is 18.2 Å². The van der Waals surface area contributed by atoms with Crippen molar-refractivity contribution < 1.29 is 13.0 Å². The Morgan fingerprint density at radius 3 is 2.39 bits per heavy atom. The van der Waals surface area contributed by atoms with Crippen LogP contribution < -0.4 is 4.72 Å². The molecule has 1 heterocycles. The molecule has 6 rings (SSSR count). The van der Waals surface area contributed by atoms with E-state index in [2.05, 4.69) is 15.0 Å². The van der Waals surface area contributed by atoms with E-state index >= 15 is 0 Å². The normalized spacial score (nSPS) is 35.9. The molecule has 4 aliphatic carbocycles. The van der Waals surface area contributed by atoms with E-state index in [4.69, 9.17) is 4.63 Å². The Hall–Kier alpha value is -1.47. The lowest BCUT2D eigenvalue weighted by Gasteiger charge is -2.54. The number of hydrogen-bond acceptors (Lipinski definition) is 5. The molecule has 23 heavy (non-hydrogen) atoms. The van der Waals surface area contributed by atoms with Crippen LogP contribution in [-0.4, -0.2) is 24.8 Å². The summed E-state index contributed by atoms with van der Waals surface area (Å²) < 4.78 is 33.5. The summed E-state index contributed by atoms with van der Waals surface area (Å²) in [5.41, 5.74) is 0.779. The Labute approximate surface area is 134 Å². The Balaban J connectivity index is 1.49. The summed E-state index contributed by atoms with van der Waals surface area (Å²) in [6.07, 6.45) is 6.06. The van der Waals surface area contributed by atoms with Gasteiger partial charge in [0.05, 0.1) is 0 Å². The lowest BCUT2D eigenvalue weighted by molar-refractivity contribution is -0.00557. The van der Waals surface area contributed by atoms with E-state index in [0.29, 0.717) is 22.9 Å². The largest absolute Gasteiger partial charge is 0.243 e. The number of aromatic nitrogens is 2. The van der Waals surface area contributed by atoms with E-state index in [0.717, 1.165) is 11.8 Å². The first kappa shape index (κ1) is 13.9. The Kier molecular flexibility index (Phi) is 2.89. The molecule has 1 aromatic carbocycles. The molecule has 0 aliphatic heterocycles. The van der Waals surface area contributed by atoms with Crippen LogP contribution >= 0.6 is 0 Å². The van der Waals surface area contributed by atoms with Gasteiger partial charge in [-0.25, -0.2) is 17.8 Å². The molecule has 0 radical (unpaired) electrons. The van der Waals surface area contributed by atoms with Gasteiger partial charge in [-0.1, -0.05) is 6.07 Å². The topological polar surface area (TPSA) is 85.1 Å². The fourth-order valence-corrected chi connectivity index (χ4v) is 6.88. The molecule has 0 unspecified atom stereocenters. The molecule has 6 nitrogen and oxygen atoms in total. The van der Waals surface area contributed by atoms with Gasteiger partial charge in [0.25, 0.3) is 0 Å². The number of nitrogens with zero attached hydrogens (tertiary/aromatic N) is 2. The summed E-state index contributed by atoms with van der Waals surface area (Å²) in [6, 6.07) is 5.03. The Morgan fingerprint density at radius 1 is 1.00 bits per heavy atom. The number of nitrogens with one attached hydrogen (secondary N) is 1. The maximum atomic E-state index is 12.9. The van der Waals surface area contributed by atoms with Gasteiger partial charge < -0.3 is 0 Å². The third-order valence-corrected chi connectivity index (χ3v) is 7.55. The van der Waals surface area contributed by atoms with Crippen molar-refractivity contribution in [2.24, 2.45) is 23.7 Å². The molecule has 4 aliphatic rings. The van der Waals surface area contributed by atoms with Crippen LogP contribution in [0.3, 0.4) is 0 Å². The molecule has 2 aromatic rings. The second-order valence-corrected chi connectivity index (χ2v) is 9.15. The predicted molar refractivity (Wildman–Crippen MR) is 83.0 cm³/mol. The molecule has 0 spiro atoms. The minimum atomic E-state index is -3.61. The van der Waals surface area contributed by atoms with Gasteiger partial charge in [-0.15, -0.1) is 0 Å². The fraction of sp³-hybridized carbons (Fsp3) is 0.625. The molecule has 0 atom stereocenters. The van der Waals surface area contributed by atoms with Gasteiger partial charge in [0.2, 0.25) is 10.0 Å². The van der Waals surface area contributed by atoms with Gasteiger partial charge >= 0.3 is 0 Å². The van der Waals surface area contributed by atoms with Crippen LogP contribution in [0.2, 0.25) is 0 Å². The predicted octanol–water partition coefficient (Wildman–Crippen LogP) is 2.33. The van der Waals surface area contributed by atoms with Crippen molar-refractivity contribution in [3.8, 4) is 0 Å². The molecular formula is C16H19N3O3S. The average Bonchev–Trinajstić information content (AvgIpc) is 2.98. The Bertz CT molecular complexity index is 832. The van der Waals surface area contributed by atoms with E-state index in [1.165, 1.54) is 32.1 Å². The van der Waals surface area contributed by atoms with Crippen LogP contribution in [0.15, 0.2) is 27.7 Å². The number of benzene rings is 1. The smallest absolute Gasteiger partial charge is 0.243 e. The highest BCUT2D eigenvalue weighted by Crippen LogP contribution is 2.53. The lowest BCUT2D eigenvalue weighted by Crippen LogP contribution is -2.55. The molecule has 7 heteroatoms. The van der Waals surface area contributed by atoms with E-state index < -0.39 is 10.0 Å². The van der Waals surface area contributed by atoms with Crippen molar-refractivity contribution in [1.82, 2.24) is 15.0 Å². The van der Waals surface area contributed by atoms with Gasteiger partial charge in [0.15, 0.2) is 5.52 Å². The second kappa shape index (κ2) is 4.77. The van der Waals surface area contributed by atoms with Crippen molar-refractivity contribution in [3.05, 3.63) is 18.2 Å². The zero-order valence-electron chi connectivity index (χ0n) is 12.7. The third kappa shape index (κ3) is 2.13. The maximum absolute atomic E-state index is 12.9. The monoisotopic (exact) mass is 333 g/mol. The van der Waals surface area contributed by atoms with Crippen LogP contribution in [0.25, 0.3) is 11.0 Å². The number of rotatable bonds is 3. The summed E-state index contributed by atoms with van der Waals surface area (Å²) in [5, 5.41) is 7.50. The standard InChI is InChI=1S/C16H19N3O3S/c20-23(21,14-3-1-2-13-16(14)18-22-17-13)19-15-11-5-9-4-10(7-11)8-12(15)6-9/h1-3,9-12,15,19H,4-8H2. The van der Waals surface area contributed by atoms with Crippen molar-refractivity contribution in [2.45, 2.75) is 43.0 Å². The minimum absolute atomic E-state index is 0.0721. The Morgan fingerprint density at radius 2 is 1.70 bits per heavy atom. The summed E-state index contributed by atoms with van der Waals surface area (Å²) in [7, 11) is -3.61. The molecular weight excluding hydrogens is 314 g/mol. The van der Waals surface area contributed by atoms with Crippen LogP contribution in [0.4, 0.5) is 0 Å². The first-order valence-electron chi connectivity index (χ1n) is 8.34. The zero-order chi connectivity index (χ0) is 15.6. The van der Waals surface area contributed by atoms with Gasteiger partial charge in [-0.3, -0.25) is 0 Å². The van der Waals surface area contributed by atoms with Crippen LogP contribution in [0, 0.1) is 23.7 Å². The van der Waals surface area contributed by atoms with Crippen molar-refractivity contribution in [1.29, 1.82) is 0 Å². The third-order valence-electron chi connectivity index (χ3n) is 6.06. The van der Waals surface area contributed by atoms with E-state index in [-0.39, 0.29) is 10.9 Å². The lowest BCUT2D eigenvalue weighted by atomic mass is 9.54. The fourth-order valence-electron chi connectivity index (χ4n) is 5.36. The van der Waals surface area contributed by atoms with Gasteiger partial charge in [0, 0.05) is 6.04 Å². The first-order chi connectivity index (χ1) is 11.1. The summed E-state index contributed by atoms with van der Waals surface area (Å²) >= 11 is 0. The number of fused-ring (bicyclic) bond motifs is 1. The first-order valence-corrected chi connectivity index (χ1v) is 9.82. The molecule has 4 saturated carbocycles. The highest BCUT2D eigenvalue weighted by atomic mass is 32.2. The molecule has 0 amide bonds. The summed E-state index contributed by atoms with van der Waals surface area (Å²) in [5.74, 6) is 2.63. The maximum Gasteiger partial charge on any atom is 0.243 e. The molecule has 122 valence electrons. The van der Waals surface area contributed by atoms with Crippen molar-refractivity contribution >= 4 is 21.1 Å². The molecule has 1 N–H and O–H groups in total. The van der Waals surface area contributed by atoms with Gasteiger partial charge in [0.1, 0.15) is 10.4 Å². The molecule has 1 aromatic heterocycles. The molecule has 4 bridgehead atoms. The summed E-state index contributed by atoms with van der Waals surface area (Å²) in [6.45, 7) is 0. The van der Waals surface area contributed by atoms with Gasteiger partial charge in [-0.05, 0) is 78.2 Å². The van der Waals surface area contributed by atoms with E-state index in [1.807, 2.05) is 0 Å². The SMILES string of the molecule is O=S(=O)(NC1C2CC3CC(C2)CC1C3)c1cccc2nonc12. The quantitative estimate of drug-likeness (QED) is 0.932. The van der Waals surface area contributed by atoms with Gasteiger partial charge in [-0.2, -0.15) is 0 Å². The zero-order valence-corrected chi connectivity index (χ0v) is 13.5. The minimum Gasteiger partial charge on any atom is -0.243 e. The molecule has 0 saturated heterocycles. The second-order valence-electron chi connectivity index (χ2n) is 7.47. The highest BCUT2D eigenvalue weighted by molar-refractivity contribution is 7.89. The number of hydrogen-bond donors (Lipinski definition) is 1. The van der Waals surface area contributed by atoms with Crippen LogP contribution in [0.1, 0.15) is 32.1 Å². The van der Waals surface area contributed by atoms with Crippen LogP contribution in [-0.2, 0) is 10.0 Å². The molecule has 4 fully saturated rings. The highest BCUT2D eigenvalue weighted by Gasteiger charge is 2.49. The van der Waals surface area contributed by atoms with Crippen LogP contribution in [0.5, 0.6) is 0 Å². The van der Waals surface area contributed by atoms with E-state index in [9.17, 15) is 8.42 Å². The summed E-state index contributed by atoms with van der Waals surface area (Å²) in [4.78, 5) is 0.171.